The van der Waals surface area contributed by atoms with E-state index in [1.807, 2.05) is 13.8 Å². The molecule has 0 saturated heterocycles. The summed E-state index contributed by atoms with van der Waals surface area (Å²) in [6.45, 7) is 9.13. The molecule has 1 heterocycles. The van der Waals surface area contributed by atoms with E-state index in [9.17, 15) is 0 Å². The van der Waals surface area contributed by atoms with Gasteiger partial charge in [0.25, 0.3) is 0 Å². The van der Waals surface area contributed by atoms with Crippen molar-refractivity contribution < 1.29 is 0 Å². The van der Waals surface area contributed by atoms with Crippen LogP contribution in [0, 0.1) is 6.92 Å². The molecule has 92 valence electrons. The van der Waals surface area contributed by atoms with Crippen LogP contribution < -0.4 is 5.73 Å². The first kappa shape index (κ1) is 13.2. The Morgan fingerprint density at radius 2 is 2.25 bits per heavy atom. The third-order valence-corrected chi connectivity index (χ3v) is 2.68. The summed E-state index contributed by atoms with van der Waals surface area (Å²) in [5.41, 5.74) is 8.13. The normalized spacial score (nSPS) is 13.4. The van der Waals surface area contributed by atoms with Crippen molar-refractivity contribution >= 4 is 0 Å². The third-order valence-electron chi connectivity index (χ3n) is 2.68. The summed E-state index contributed by atoms with van der Waals surface area (Å²) in [6, 6.07) is 2.44. The summed E-state index contributed by atoms with van der Waals surface area (Å²) >= 11 is 0. The highest BCUT2D eigenvalue weighted by atomic mass is 15.3. The first-order chi connectivity index (χ1) is 7.52. The van der Waals surface area contributed by atoms with Crippen molar-refractivity contribution in [2.45, 2.75) is 46.3 Å². The molecule has 0 spiro atoms. The molecular weight excluding hydrogens is 200 g/mol. The Kier molecular flexibility index (Phi) is 4.96. The largest absolute Gasteiger partial charge is 0.328 e. The highest BCUT2D eigenvalue weighted by molar-refractivity contribution is 5.08. The van der Waals surface area contributed by atoms with Gasteiger partial charge in [0.15, 0.2) is 0 Å². The van der Waals surface area contributed by atoms with Gasteiger partial charge in [-0.25, -0.2) is 0 Å². The lowest BCUT2D eigenvalue weighted by Gasteiger charge is -2.18. The molecule has 1 atom stereocenters. The predicted octanol–water partition coefficient (Wildman–Crippen LogP) is 1.38. The van der Waals surface area contributed by atoms with Crippen molar-refractivity contribution in [1.29, 1.82) is 0 Å². The maximum atomic E-state index is 5.75. The van der Waals surface area contributed by atoms with Crippen molar-refractivity contribution in [2.75, 3.05) is 13.6 Å². The van der Waals surface area contributed by atoms with Gasteiger partial charge in [-0.2, -0.15) is 5.10 Å². The van der Waals surface area contributed by atoms with Gasteiger partial charge in [-0.05, 0) is 46.9 Å². The molecular formula is C12H24N4. The van der Waals surface area contributed by atoms with Gasteiger partial charge < -0.3 is 10.6 Å². The fraction of sp³-hybridized carbons (Fsp3) is 0.750. The molecule has 0 fully saturated rings. The summed E-state index contributed by atoms with van der Waals surface area (Å²) in [4.78, 5) is 2.30. The minimum absolute atomic E-state index is 0.278. The number of aryl methyl sites for hydroxylation is 2. The molecule has 1 aromatic rings. The minimum atomic E-state index is 0.278. The fourth-order valence-electron chi connectivity index (χ4n) is 1.78. The van der Waals surface area contributed by atoms with Crippen molar-refractivity contribution in [3.8, 4) is 0 Å². The van der Waals surface area contributed by atoms with Gasteiger partial charge in [-0.15, -0.1) is 0 Å². The van der Waals surface area contributed by atoms with Gasteiger partial charge in [0.2, 0.25) is 0 Å². The van der Waals surface area contributed by atoms with E-state index in [4.69, 9.17) is 5.73 Å². The Morgan fingerprint density at radius 3 is 2.81 bits per heavy atom. The van der Waals surface area contributed by atoms with E-state index in [1.54, 1.807) is 0 Å². The maximum Gasteiger partial charge on any atom is 0.0597 e. The number of nitrogens with zero attached hydrogens (tertiary/aromatic N) is 3. The van der Waals surface area contributed by atoms with Gasteiger partial charge in [0, 0.05) is 19.1 Å². The number of aromatic nitrogens is 2. The molecule has 0 saturated carbocycles. The molecule has 1 unspecified atom stereocenters. The van der Waals surface area contributed by atoms with Crippen LogP contribution in [0.4, 0.5) is 0 Å². The van der Waals surface area contributed by atoms with E-state index in [2.05, 4.69) is 34.7 Å². The second kappa shape index (κ2) is 6.01. The molecule has 16 heavy (non-hydrogen) atoms. The van der Waals surface area contributed by atoms with Gasteiger partial charge in [0.1, 0.15) is 0 Å². The molecule has 0 aliphatic carbocycles. The van der Waals surface area contributed by atoms with Crippen LogP contribution in [0.1, 0.15) is 31.7 Å². The van der Waals surface area contributed by atoms with Crippen LogP contribution in [-0.2, 0) is 13.1 Å². The van der Waals surface area contributed by atoms with E-state index in [-0.39, 0.29) is 6.04 Å². The summed E-state index contributed by atoms with van der Waals surface area (Å²) in [5, 5.41) is 4.44. The average molecular weight is 224 g/mol. The lowest BCUT2D eigenvalue weighted by molar-refractivity contribution is 0.303. The van der Waals surface area contributed by atoms with E-state index in [0.717, 1.165) is 31.7 Å². The highest BCUT2D eigenvalue weighted by Crippen LogP contribution is 2.07. The van der Waals surface area contributed by atoms with Crippen LogP contribution in [0.5, 0.6) is 0 Å². The molecule has 1 rings (SSSR count). The Hall–Kier alpha value is -0.870. The maximum absolute atomic E-state index is 5.75. The summed E-state index contributed by atoms with van der Waals surface area (Å²) in [5.74, 6) is 0. The SMILES string of the molecule is CCn1nc(C)cc1CN(C)CCC(C)N. The summed E-state index contributed by atoms with van der Waals surface area (Å²) in [7, 11) is 2.13. The summed E-state index contributed by atoms with van der Waals surface area (Å²) < 4.78 is 2.07. The monoisotopic (exact) mass is 224 g/mol. The van der Waals surface area contributed by atoms with E-state index in [0.29, 0.717) is 0 Å². The Labute approximate surface area is 98.4 Å². The van der Waals surface area contributed by atoms with E-state index >= 15 is 0 Å². The van der Waals surface area contributed by atoms with Crippen molar-refractivity contribution in [1.82, 2.24) is 14.7 Å². The van der Waals surface area contributed by atoms with Crippen LogP contribution in [-0.4, -0.2) is 34.3 Å². The van der Waals surface area contributed by atoms with Gasteiger partial charge in [-0.1, -0.05) is 0 Å². The number of hydrogen-bond acceptors (Lipinski definition) is 3. The zero-order valence-corrected chi connectivity index (χ0v) is 10.9. The van der Waals surface area contributed by atoms with E-state index in [1.165, 1.54) is 5.69 Å². The molecule has 0 aromatic carbocycles. The standard InChI is InChI=1S/C12H24N4/c1-5-16-12(8-11(3)14-16)9-15(4)7-6-10(2)13/h8,10H,5-7,9,13H2,1-4H3. The Balaban J connectivity index is 2.51. The lowest BCUT2D eigenvalue weighted by Crippen LogP contribution is -2.26. The van der Waals surface area contributed by atoms with Gasteiger partial charge in [0.05, 0.1) is 11.4 Å². The topological polar surface area (TPSA) is 47.1 Å². The second-order valence-corrected chi connectivity index (χ2v) is 4.60. The van der Waals surface area contributed by atoms with Crippen LogP contribution in [0.15, 0.2) is 6.07 Å². The first-order valence-corrected chi connectivity index (χ1v) is 6.00. The van der Waals surface area contributed by atoms with Crippen molar-refractivity contribution in [3.05, 3.63) is 17.5 Å². The number of nitrogens with two attached hydrogens (primary N) is 1. The first-order valence-electron chi connectivity index (χ1n) is 6.00. The molecule has 0 aliphatic heterocycles. The molecule has 0 bridgehead atoms. The minimum Gasteiger partial charge on any atom is -0.328 e. The zero-order chi connectivity index (χ0) is 12.1. The van der Waals surface area contributed by atoms with Crippen molar-refractivity contribution in [2.24, 2.45) is 5.73 Å². The van der Waals surface area contributed by atoms with Gasteiger partial charge in [-0.3, -0.25) is 4.68 Å². The smallest absolute Gasteiger partial charge is 0.0597 e. The summed E-state index contributed by atoms with van der Waals surface area (Å²) in [6.07, 6.45) is 1.04. The predicted molar refractivity (Wildman–Crippen MR) is 67.2 cm³/mol. The molecule has 0 aliphatic rings. The Morgan fingerprint density at radius 1 is 1.56 bits per heavy atom. The van der Waals surface area contributed by atoms with Crippen molar-refractivity contribution in [3.63, 3.8) is 0 Å². The molecule has 0 amide bonds. The van der Waals surface area contributed by atoms with Crippen LogP contribution in [0.25, 0.3) is 0 Å². The zero-order valence-electron chi connectivity index (χ0n) is 10.9. The van der Waals surface area contributed by atoms with Crippen LogP contribution >= 0.6 is 0 Å². The number of hydrogen-bond donors (Lipinski definition) is 1. The molecule has 2 N–H and O–H groups in total. The molecule has 4 nitrogen and oxygen atoms in total. The number of rotatable bonds is 6. The quantitative estimate of drug-likeness (QED) is 0.794. The van der Waals surface area contributed by atoms with E-state index < -0.39 is 0 Å². The molecule has 4 heteroatoms. The highest BCUT2D eigenvalue weighted by Gasteiger charge is 2.07. The Bertz CT molecular complexity index is 317. The lowest BCUT2D eigenvalue weighted by atomic mass is 10.2. The molecule has 0 radical (unpaired) electrons. The third kappa shape index (κ3) is 3.94. The fourth-order valence-corrected chi connectivity index (χ4v) is 1.78. The average Bonchev–Trinajstić information content (AvgIpc) is 2.55. The molecule has 1 aromatic heterocycles. The van der Waals surface area contributed by atoms with Gasteiger partial charge >= 0.3 is 0 Å². The van der Waals surface area contributed by atoms with Crippen LogP contribution in [0.2, 0.25) is 0 Å². The van der Waals surface area contributed by atoms with Crippen LogP contribution in [0.3, 0.4) is 0 Å². The second-order valence-electron chi connectivity index (χ2n) is 4.60.